The third kappa shape index (κ3) is 4.17. The largest absolute Gasteiger partial charge is 0.377 e. The molecular formula is C13H25N. The summed E-state index contributed by atoms with van der Waals surface area (Å²) in [5.41, 5.74) is 1.65. The molecule has 0 aliphatic carbocycles. The molecule has 0 atom stereocenters. The number of unbranched alkanes of at least 4 members (excludes halogenated alkanes) is 1. The Bertz CT molecular complexity index is 166. The molecule has 0 N–H and O–H groups in total. The van der Waals surface area contributed by atoms with Crippen LogP contribution in [0.5, 0.6) is 0 Å². The lowest BCUT2D eigenvalue weighted by Gasteiger charge is -2.26. The van der Waals surface area contributed by atoms with Crippen molar-refractivity contribution < 1.29 is 0 Å². The summed E-state index contributed by atoms with van der Waals surface area (Å²) in [6, 6.07) is 0. The van der Waals surface area contributed by atoms with Crippen molar-refractivity contribution in [2.24, 2.45) is 0 Å². The summed E-state index contributed by atoms with van der Waals surface area (Å²) < 4.78 is 0. The lowest BCUT2D eigenvalue weighted by molar-refractivity contribution is 0.306. The SMILES string of the molecule is CCCCC(=CN1CCCCC1)CC. The van der Waals surface area contributed by atoms with Crippen LogP contribution in [-0.4, -0.2) is 18.0 Å². The summed E-state index contributed by atoms with van der Waals surface area (Å²) in [6.07, 6.45) is 11.9. The van der Waals surface area contributed by atoms with Crippen molar-refractivity contribution in [2.45, 2.75) is 58.8 Å². The van der Waals surface area contributed by atoms with Gasteiger partial charge in [0.1, 0.15) is 0 Å². The number of allylic oxidation sites excluding steroid dienone is 1. The summed E-state index contributed by atoms with van der Waals surface area (Å²) in [4.78, 5) is 2.53. The lowest BCUT2D eigenvalue weighted by atomic mass is 10.1. The predicted octanol–water partition coefficient (Wildman–Crippen LogP) is 3.96. The van der Waals surface area contributed by atoms with Gasteiger partial charge < -0.3 is 4.90 Å². The van der Waals surface area contributed by atoms with Gasteiger partial charge in [-0.1, -0.05) is 25.8 Å². The van der Waals surface area contributed by atoms with Crippen LogP contribution in [0.15, 0.2) is 11.8 Å². The van der Waals surface area contributed by atoms with Gasteiger partial charge in [-0.05, 0) is 44.7 Å². The smallest absolute Gasteiger partial charge is 0.0172 e. The second kappa shape index (κ2) is 6.92. The molecule has 0 radical (unpaired) electrons. The van der Waals surface area contributed by atoms with Gasteiger partial charge in [-0.15, -0.1) is 0 Å². The minimum absolute atomic E-state index is 1.23. The minimum atomic E-state index is 1.23. The van der Waals surface area contributed by atoms with Crippen LogP contribution in [-0.2, 0) is 0 Å². The van der Waals surface area contributed by atoms with E-state index in [4.69, 9.17) is 0 Å². The van der Waals surface area contributed by atoms with Gasteiger partial charge in [0.2, 0.25) is 0 Å². The highest BCUT2D eigenvalue weighted by atomic mass is 15.1. The first-order valence-corrected chi connectivity index (χ1v) is 6.30. The van der Waals surface area contributed by atoms with Crippen LogP contribution >= 0.6 is 0 Å². The van der Waals surface area contributed by atoms with Gasteiger partial charge >= 0.3 is 0 Å². The van der Waals surface area contributed by atoms with E-state index in [0.29, 0.717) is 0 Å². The molecule has 0 amide bonds. The zero-order chi connectivity index (χ0) is 10.2. The molecule has 1 heterocycles. The number of piperidine rings is 1. The highest BCUT2D eigenvalue weighted by Gasteiger charge is 2.06. The molecule has 0 aromatic rings. The minimum Gasteiger partial charge on any atom is -0.377 e. The molecule has 1 aliphatic heterocycles. The average molecular weight is 195 g/mol. The first-order chi connectivity index (χ1) is 6.86. The summed E-state index contributed by atoms with van der Waals surface area (Å²) in [5.74, 6) is 0. The van der Waals surface area contributed by atoms with Gasteiger partial charge in [-0.25, -0.2) is 0 Å². The average Bonchev–Trinajstić information content (AvgIpc) is 2.25. The van der Waals surface area contributed by atoms with Crippen LogP contribution in [0.3, 0.4) is 0 Å². The predicted molar refractivity (Wildman–Crippen MR) is 63.3 cm³/mol. The Balaban J connectivity index is 2.35. The number of hydrogen-bond donors (Lipinski definition) is 0. The molecule has 0 aromatic heterocycles. The molecule has 0 spiro atoms. The second-order valence-electron chi connectivity index (χ2n) is 4.34. The van der Waals surface area contributed by atoms with E-state index in [9.17, 15) is 0 Å². The van der Waals surface area contributed by atoms with Crippen LogP contribution in [0.1, 0.15) is 58.8 Å². The van der Waals surface area contributed by atoms with Gasteiger partial charge in [0.25, 0.3) is 0 Å². The van der Waals surface area contributed by atoms with E-state index in [1.165, 1.54) is 58.0 Å². The normalized spacial score (nSPS) is 18.7. The molecular weight excluding hydrogens is 170 g/mol. The van der Waals surface area contributed by atoms with E-state index in [1.54, 1.807) is 5.57 Å². The van der Waals surface area contributed by atoms with E-state index in [1.807, 2.05) is 0 Å². The fourth-order valence-electron chi connectivity index (χ4n) is 2.04. The molecule has 0 unspecified atom stereocenters. The maximum atomic E-state index is 2.53. The van der Waals surface area contributed by atoms with Crippen LogP contribution in [0.25, 0.3) is 0 Å². The van der Waals surface area contributed by atoms with Crippen molar-refractivity contribution in [3.63, 3.8) is 0 Å². The fourth-order valence-corrected chi connectivity index (χ4v) is 2.04. The monoisotopic (exact) mass is 195 g/mol. The molecule has 82 valence electrons. The fraction of sp³-hybridized carbons (Fsp3) is 0.846. The molecule has 1 aliphatic rings. The molecule has 1 saturated heterocycles. The van der Waals surface area contributed by atoms with Crippen molar-refractivity contribution in [1.29, 1.82) is 0 Å². The van der Waals surface area contributed by atoms with E-state index in [0.717, 1.165) is 0 Å². The highest BCUT2D eigenvalue weighted by Crippen LogP contribution is 2.15. The van der Waals surface area contributed by atoms with Gasteiger partial charge in [0.15, 0.2) is 0 Å². The summed E-state index contributed by atoms with van der Waals surface area (Å²) in [6.45, 7) is 7.13. The lowest BCUT2D eigenvalue weighted by Crippen LogP contribution is -2.24. The molecule has 1 rings (SSSR count). The van der Waals surface area contributed by atoms with Crippen molar-refractivity contribution >= 4 is 0 Å². The van der Waals surface area contributed by atoms with Gasteiger partial charge in [-0.3, -0.25) is 0 Å². The molecule has 0 saturated carbocycles. The van der Waals surface area contributed by atoms with Crippen molar-refractivity contribution in [1.82, 2.24) is 4.90 Å². The zero-order valence-electron chi connectivity index (χ0n) is 9.89. The van der Waals surface area contributed by atoms with E-state index >= 15 is 0 Å². The van der Waals surface area contributed by atoms with Crippen molar-refractivity contribution in [2.75, 3.05) is 13.1 Å². The molecule has 1 heteroatoms. The van der Waals surface area contributed by atoms with Crippen LogP contribution in [0.2, 0.25) is 0 Å². The Morgan fingerprint density at radius 2 is 1.86 bits per heavy atom. The van der Waals surface area contributed by atoms with Crippen molar-refractivity contribution in [3.8, 4) is 0 Å². The number of hydrogen-bond acceptors (Lipinski definition) is 1. The third-order valence-electron chi connectivity index (χ3n) is 3.06. The Morgan fingerprint density at radius 3 is 2.43 bits per heavy atom. The number of nitrogens with zero attached hydrogens (tertiary/aromatic N) is 1. The molecule has 14 heavy (non-hydrogen) atoms. The van der Waals surface area contributed by atoms with Crippen LogP contribution in [0, 0.1) is 0 Å². The summed E-state index contributed by atoms with van der Waals surface area (Å²) in [5, 5.41) is 0. The Labute approximate surface area is 89.2 Å². The topological polar surface area (TPSA) is 3.24 Å². The summed E-state index contributed by atoms with van der Waals surface area (Å²) in [7, 11) is 0. The Morgan fingerprint density at radius 1 is 1.14 bits per heavy atom. The first kappa shape index (κ1) is 11.6. The number of likely N-dealkylation sites (tertiary alicyclic amines) is 1. The highest BCUT2D eigenvalue weighted by molar-refractivity contribution is 5.01. The molecule has 0 aromatic carbocycles. The van der Waals surface area contributed by atoms with Crippen LogP contribution in [0.4, 0.5) is 0 Å². The van der Waals surface area contributed by atoms with Gasteiger partial charge in [0.05, 0.1) is 0 Å². The second-order valence-corrected chi connectivity index (χ2v) is 4.34. The standard InChI is InChI=1S/C13H25N/c1-3-5-9-13(4-2)12-14-10-7-6-8-11-14/h12H,3-11H2,1-2H3. The van der Waals surface area contributed by atoms with E-state index in [-0.39, 0.29) is 0 Å². The molecule has 1 nitrogen and oxygen atoms in total. The third-order valence-corrected chi connectivity index (χ3v) is 3.06. The first-order valence-electron chi connectivity index (χ1n) is 6.30. The molecule has 0 bridgehead atoms. The Hall–Kier alpha value is -0.460. The number of rotatable bonds is 5. The van der Waals surface area contributed by atoms with Crippen LogP contribution < -0.4 is 0 Å². The van der Waals surface area contributed by atoms with Crippen molar-refractivity contribution in [3.05, 3.63) is 11.8 Å². The van der Waals surface area contributed by atoms with E-state index in [2.05, 4.69) is 24.9 Å². The van der Waals surface area contributed by atoms with E-state index < -0.39 is 0 Å². The maximum absolute atomic E-state index is 2.53. The summed E-state index contributed by atoms with van der Waals surface area (Å²) >= 11 is 0. The van der Waals surface area contributed by atoms with Gasteiger partial charge in [-0.2, -0.15) is 0 Å². The molecule has 1 fully saturated rings. The zero-order valence-corrected chi connectivity index (χ0v) is 9.89. The Kier molecular flexibility index (Phi) is 5.74. The quantitative estimate of drug-likeness (QED) is 0.642. The van der Waals surface area contributed by atoms with Gasteiger partial charge in [0, 0.05) is 13.1 Å². The maximum Gasteiger partial charge on any atom is 0.0172 e.